The van der Waals surface area contributed by atoms with Gasteiger partial charge in [0, 0.05) is 48.0 Å². The van der Waals surface area contributed by atoms with Crippen LogP contribution in [0.1, 0.15) is 65.8 Å². The number of hydrogen-bond acceptors (Lipinski definition) is 6. The van der Waals surface area contributed by atoms with Crippen molar-refractivity contribution in [3.8, 4) is 0 Å². The second-order valence-corrected chi connectivity index (χ2v) is 11.3. The van der Waals surface area contributed by atoms with Crippen molar-refractivity contribution in [1.82, 2.24) is 30.1 Å². The van der Waals surface area contributed by atoms with E-state index in [4.69, 9.17) is 11.6 Å². The van der Waals surface area contributed by atoms with Gasteiger partial charge in [0.05, 0.1) is 6.04 Å². The highest BCUT2D eigenvalue weighted by molar-refractivity contribution is 6.30. The fourth-order valence-electron chi connectivity index (χ4n) is 6.13. The molecule has 0 unspecified atom stereocenters. The molecule has 1 aliphatic heterocycles. The van der Waals surface area contributed by atoms with Gasteiger partial charge < -0.3 is 9.88 Å². The number of tetrazole rings is 1. The fraction of sp³-hybridized carbons (Fsp3) is 0.448. The molecule has 2 aliphatic rings. The van der Waals surface area contributed by atoms with E-state index in [1.54, 1.807) is 0 Å². The summed E-state index contributed by atoms with van der Waals surface area (Å²) in [5.74, 6) is 0.762. The smallest absolute Gasteiger partial charge is 0.253 e. The molecule has 0 amide bonds. The van der Waals surface area contributed by atoms with Crippen LogP contribution in [0.15, 0.2) is 41.2 Å². The molecule has 2 fully saturated rings. The lowest BCUT2D eigenvalue weighted by atomic mass is 10.00. The molecular weight excluding hydrogens is 498 g/mol. The van der Waals surface area contributed by atoms with E-state index in [2.05, 4.69) is 69.3 Å². The van der Waals surface area contributed by atoms with E-state index >= 15 is 0 Å². The monoisotopic (exact) mass is 531 g/mol. The molecule has 198 valence electrons. The molecule has 9 heteroatoms. The quantitative estimate of drug-likeness (QED) is 0.385. The average molecular weight is 532 g/mol. The van der Waals surface area contributed by atoms with E-state index in [0.717, 1.165) is 66.3 Å². The zero-order chi connectivity index (χ0) is 26.4. The number of nitrogens with one attached hydrogen (secondary N) is 1. The number of pyridine rings is 1. The molecule has 8 nitrogen and oxygen atoms in total. The van der Waals surface area contributed by atoms with E-state index in [9.17, 15) is 4.79 Å². The summed E-state index contributed by atoms with van der Waals surface area (Å²) in [6, 6.07) is 12.3. The Morgan fingerprint density at radius 2 is 1.68 bits per heavy atom. The van der Waals surface area contributed by atoms with Crippen LogP contribution in [-0.2, 0) is 0 Å². The van der Waals surface area contributed by atoms with Crippen molar-refractivity contribution in [2.45, 2.75) is 58.5 Å². The van der Waals surface area contributed by atoms with Gasteiger partial charge in [0.15, 0.2) is 5.82 Å². The van der Waals surface area contributed by atoms with Gasteiger partial charge in [0.1, 0.15) is 6.04 Å². The van der Waals surface area contributed by atoms with Crippen LogP contribution in [0.5, 0.6) is 0 Å². The van der Waals surface area contributed by atoms with Gasteiger partial charge in [-0.2, -0.15) is 0 Å². The van der Waals surface area contributed by atoms with Gasteiger partial charge in [-0.15, -0.1) is 5.10 Å². The summed E-state index contributed by atoms with van der Waals surface area (Å²) < 4.78 is 2.00. The Hall–Kier alpha value is -3.23. The Morgan fingerprint density at radius 1 is 0.947 bits per heavy atom. The summed E-state index contributed by atoms with van der Waals surface area (Å²) >= 11 is 6.33. The van der Waals surface area contributed by atoms with E-state index in [0.29, 0.717) is 5.56 Å². The summed E-state index contributed by atoms with van der Waals surface area (Å²) in [6.45, 7) is 9.50. The summed E-state index contributed by atoms with van der Waals surface area (Å²) in [5, 5.41) is 14.9. The number of nitrogens with zero attached hydrogens (tertiary/aromatic N) is 6. The molecule has 38 heavy (non-hydrogen) atoms. The van der Waals surface area contributed by atoms with E-state index in [1.165, 1.54) is 29.7 Å². The molecule has 4 aromatic rings. The van der Waals surface area contributed by atoms with Crippen molar-refractivity contribution in [1.29, 1.82) is 0 Å². The molecule has 1 N–H and O–H groups in total. The van der Waals surface area contributed by atoms with Crippen LogP contribution in [-0.4, -0.2) is 56.3 Å². The van der Waals surface area contributed by atoms with Crippen LogP contribution in [0.2, 0.25) is 5.02 Å². The van der Waals surface area contributed by atoms with E-state index in [-0.39, 0.29) is 17.6 Å². The van der Waals surface area contributed by atoms with Crippen LogP contribution >= 0.6 is 11.6 Å². The standard InChI is InChI=1S/C29H34ClN7O/c1-18-8-9-22(30)17-26(18)35-10-12-36(13-11-35)27(28-32-33-34-37(28)23-6-4-5-7-23)24-16-21-14-19(2)20(3)15-25(21)31-29(24)38/h8-9,14-17,23,27H,4-7,10-13H2,1-3H3,(H,31,38)/t27-/m0/s1. The van der Waals surface area contributed by atoms with Gasteiger partial charge >= 0.3 is 0 Å². The van der Waals surface area contributed by atoms with Crippen LogP contribution in [0.4, 0.5) is 5.69 Å². The molecule has 0 bridgehead atoms. The highest BCUT2D eigenvalue weighted by Crippen LogP contribution is 2.35. The van der Waals surface area contributed by atoms with Crippen LogP contribution in [0, 0.1) is 20.8 Å². The molecular formula is C29H34ClN7O. The molecule has 6 rings (SSSR count). The lowest BCUT2D eigenvalue weighted by molar-refractivity contribution is 0.197. The van der Waals surface area contributed by atoms with Gasteiger partial charge in [-0.3, -0.25) is 9.69 Å². The van der Waals surface area contributed by atoms with Crippen molar-refractivity contribution < 1.29 is 0 Å². The first-order chi connectivity index (χ1) is 18.4. The van der Waals surface area contributed by atoms with Gasteiger partial charge in [-0.25, -0.2) is 4.68 Å². The van der Waals surface area contributed by atoms with E-state index < -0.39 is 0 Å². The third-order valence-electron chi connectivity index (χ3n) is 8.41. The number of hydrogen-bond donors (Lipinski definition) is 1. The van der Waals surface area contributed by atoms with Gasteiger partial charge in [-0.1, -0.05) is 30.5 Å². The minimum atomic E-state index is -0.331. The first kappa shape index (κ1) is 25.1. The number of aromatic amines is 1. The Balaban J connectivity index is 1.40. The van der Waals surface area contributed by atoms with Crippen LogP contribution in [0.25, 0.3) is 10.9 Å². The fourth-order valence-corrected chi connectivity index (χ4v) is 6.30. The Labute approximate surface area is 227 Å². The van der Waals surface area contributed by atoms with Crippen LogP contribution < -0.4 is 10.5 Å². The zero-order valence-electron chi connectivity index (χ0n) is 22.2. The lowest BCUT2D eigenvalue weighted by Gasteiger charge is -2.40. The normalized spacial score (nSPS) is 17.9. The molecule has 1 atom stereocenters. The second-order valence-electron chi connectivity index (χ2n) is 10.9. The van der Waals surface area contributed by atoms with Crippen molar-refractivity contribution in [3.05, 3.63) is 79.9 Å². The number of anilines is 1. The molecule has 0 radical (unpaired) electrons. The number of aromatic nitrogens is 5. The minimum Gasteiger partial charge on any atom is -0.369 e. The number of piperazine rings is 1. The van der Waals surface area contributed by atoms with Crippen molar-refractivity contribution in [2.24, 2.45) is 0 Å². The first-order valence-electron chi connectivity index (χ1n) is 13.6. The van der Waals surface area contributed by atoms with Gasteiger partial charge in [0.2, 0.25) is 0 Å². The number of rotatable bonds is 5. The zero-order valence-corrected chi connectivity index (χ0v) is 23.0. The maximum absolute atomic E-state index is 13.6. The first-order valence-corrected chi connectivity index (χ1v) is 13.9. The van der Waals surface area contributed by atoms with E-state index in [1.807, 2.05) is 22.9 Å². The Kier molecular flexibility index (Phi) is 6.70. The van der Waals surface area contributed by atoms with Crippen molar-refractivity contribution in [2.75, 3.05) is 31.1 Å². The topological polar surface area (TPSA) is 82.9 Å². The maximum Gasteiger partial charge on any atom is 0.253 e. The molecule has 2 aromatic heterocycles. The number of fused-ring (bicyclic) bond motifs is 1. The number of halogens is 1. The van der Waals surface area contributed by atoms with Crippen LogP contribution in [0.3, 0.4) is 0 Å². The Bertz CT molecular complexity index is 1530. The number of H-pyrrole nitrogens is 1. The molecule has 1 aliphatic carbocycles. The summed E-state index contributed by atoms with van der Waals surface area (Å²) in [7, 11) is 0. The summed E-state index contributed by atoms with van der Waals surface area (Å²) in [6.07, 6.45) is 4.50. The van der Waals surface area contributed by atoms with Crippen molar-refractivity contribution in [3.63, 3.8) is 0 Å². The molecule has 1 saturated carbocycles. The third kappa shape index (κ3) is 4.60. The average Bonchev–Trinajstić information content (AvgIpc) is 3.60. The largest absolute Gasteiger partial charge is 0.369 e. The molecule has 2 aromatic carbocycles. The Morgan fingerprint density at radius 3 is 2.45 bits per heavy atom. The highest BCUT2D eigenvalue weighted by Gasteiger charge is 2.35. The lowest BCUT2D eigenvalue weighted by Crippen LogP contribution is -2.49. The van der Waals surface area contributed by atoms with Gasteiger partial charge in [0.25, 0.3) is 5.56 Å². The summed E-state index contributed by atoms with van der Waals surface area (Å²) in [5.41, 5.74) is 6.21. The third-order valence-corrected chi connectivity index (χ3v) is 8.64. The molecule has 0 spiro atoms. The predicted molar refractivity (Wildman–Crippen MR) is 151 cm³/mol. The highest BCUT2D eigenvalue weighted by atomic mass is 35.5. The number of benzene rings is 2. The number of aryl methyl sites for hydroxylation is 3. The molecule has 3 heterocycles. The minimum absolute atomic E-state index is 0.0835. The van der Waals surface area contributed by atoms with Gasteiger partial charge in [-0.05, 0) is 96.4 Å². The van der Waals surface area contributed by atoms with Crippen molar-refractivity contribution >= 4 is 28.2 Å². The SMILES string of the molecule is Cc1cc2cc([C@@H](c3nnnn3C3CCCC3)N3CCN(c4cc(Cl)ccc4C)CC3)c(=O)[nH]c2cc1C. The predicted octanol–water partition coefficient (Wildman–Crippen LogP) is 5.12. The second kappa shape index (κ2) is 10.2. The molecule has 1 saturated heterocycles. The maximum atomic E-state index is 13.6. The summed E-state index contributed by atoms with van der Waals surface area (Å²) in [4.78, 5) is 21.5.